The Morgan fingerprint density at radius 2 is 2.13 bits per heavy atom. The van der Waals surface area contributed by atoms with Gasteiger partial charge < -0.3 is 0 Å². The van der Waals surface area contributed by atoms with Crippen molar-refractivity contribution in [3.63, 3.8) is 0 Å². The van der Waals surface area contributed by atoms with Crippen molar-refractivity contribution in [1.29, 1.82) is 0 Å². The third kappa shape index (κ3) is 1.07. The summed E-state index contributed by atoms with van der Waals surface area (Å²) in [6.45, 7) is 0. The second-order valence-corrected chi connectivity index (χ2v) is 3.20. The van der Waals surface area contributed by atoms with E-state index < -0.39 is 0 Å². The fourth-order valence-electron chi connectivity index (χ4n) is 1.60. The summed E-state index contributed by atoms with van der Waals surface area (Å²) in [5.74, 6) is 2.60. The summed E-state index contributed by atoms with van der Waals surface area (Å²) in [5.41, 5.74) is 2.54. The highest BCUT2D eigenvalue weighted by Crippen LogP contribution is 2.16. The number of rotatable bonds is 0. The van der Waals surface area contributed by atoms with Gasteiger partial charge in [0, 0.05) is 10.9 Å². The zero-order valence-electron chi connectivity index (χ0n) is 7.75. The van der Waals surface area contributed by atoms with Crippen LogP contribution in [0.25, 0.3) is 16.6 Å². The molecular formula is C11H6N4. The normalized spacial score (nSPS) is 10.6. The minimum absolute atomic E-state index is 0.732. The molecule has 0 aliphatic heterocycles. The van der Waals surface area contributed by atoms with Gasteiger partial charge in [-0.1, -0.05) is 5.92 Å². The highest BCUT2D eigenvalue weighted by atomic mass is 15.5. The molecule has 0 N–H and O–H groups in total. The van der Waals surface area contributed by atoms with Gasteiger partial charge in [-0.05, 0) is 40.8 Å². The molecule has 4 nitrogen and oxygen atoms in total. The number of nitrogens with zero attached hydrogens (tertiary/aromatic N) is 4. The van der Waals surface area contributed by atoms with E-state index in [4.69, 9.17) is 6.42 Å². The molecule has 0 radical (unpaired) electrons. The Balaban J connectivity index is 2.50. The first kappa shape index (κ1) is 7.94. The molecule has 0 saturated heterocycles. The lowest BCUT2D eigenvalue weighted by Crippen LogP contribution is -1.90. The van der Waals surface area contributed by atoms with Gasteiger partial charge >= 0.3 is 0 Å². The summed E-state index contributed by atoms with van der Waals surface area (Å²) in [5, 5.41) is 12.4. The van der Waals surface area contributed by atoms with Crippen LogP contribution in [0.2, 0.25) is 0 Å². The zero-order valence-corrected chi connectivity index (χ0v) is 7.75. The van der Waals surface area contributed by atoms with Gasteiger partial charge in [0.1, 0.15) is 0 Å². The molecular weight excluding hydrogens is 188 g/mol. The van der Waals surface area contributed by atoms with Crippen LogP contribution in [0.3, 0.4) is 0 Å². The van der Waals surface area contributed by atoms with Crippen LogP contribution < -0.4 is 0 Å². The van der Waals surface area contributed by atoms with Crippen LogP contribution in [-0.4, -0.2) is 20.0 Å². The average molecular weight is 194 g/mol. The summed E-state index contributed by atoms with van der Waals surface area (Å²) in [6, 6.07) is 9.57. The van der Waals surface area contributed by atoms with Crippen LogP contribution in [0.5, 0.6) is 0 Å². The maximum atomic E-state index is 5.34. The largest absolute Gasteiger partial charge is 0.193 e. The molecule has 0 aliphatic carbocycles. The van der Waals surface area contributed by atoms with Gasteiger partial charge in [0.2, 0.25) is 0 Å². The number of benzene rings is 1. The van der Waals surface area contributed by atoms with E-state index in [2.05, 4.69) is 21.4 Å². The number of hydrogen-bond donors (Lipinski definition) is 0. The van der Waals surface area contributed by atoms with Crippen molar-refractivity contribution in [2.75, 3.05) is 0 Å². The van der Waals surface area contributed by atoms with Gasteiger partial charge in [-0.25, -0.2) is 0 Å². The van der Waals surface area contributed by atoms with Crippen LogP contribution in [-0.2, 0) is 0 Å². The van der Waals surface area contributed by atoms with E-state index in [1.807, 2.05) is 30.3 Å². The molecule has 0 saturated carbocycles. The first-order chi connectivity index (χ1) is 7.38. The highest BCUT2D eigenvalue weighted by Gasteiger charge is 2.02. The number of terminal acetylenes is 1. The summed E-state index contributed by atoms with van der Waals surface area (Å²) in [4.78, 5) is 0. The highest BCUT2D eigenvalue weighted by molar-refractivity contribution is 5.82. The van der Waals surface area contributed by atoms with Gasteiger partial charge in [0.25, 0.3) is 0 Å². The van der Waals surface area contributed by atoms with Gasteiger partial charge in [-0.3, -0.25) is 0 Å². The van der Waals surface area contributed by atoms with E-state index in [-0.39, 0.29) is 0 Å². The zero-order chi connectivity index (χ0) is 10.3. The quantitative estimate of drug-likeness (QED) is 0.506. The predicted molar refractivity (Wildman–Crippen MR) is 56.2 cm³/mol. The molecule has 4 heteroatoms. The Bertz CT molecular complexity index is 690. The molecule has 2 aromatic heterocycles. The van der Waals surface area contributed by atoms with E-state index in [0.29, 0.717) is 0 Å². The van der Waals surface area contributed by atoms with Gasteiger partial charge in [-0.15, -0.1) is 11.5 Å². The van der Waals surface area contributed by atoms with Crippen molar-refractivity contribution < 1.29 is 0 Å². The number of tetrazole rings is 1. The molecule has 1 aromatic carbocycles. The Morgan fingerprint density at radius 1 is 1.20 bits per heavy atom. The van der Waals surface area contributed by atoms with Crippen molar-refractivity contribution in [2.24, 2.45) is 0 Å². The second-order valence-electron chi connectivity index (χ2n) is 3.20. The average Bonchev–Trinajstić information content (AvgIpc) is 2.76. The predicted octanol–water partition coefficient (Wildman–Crippen LogP) is 1.26. The third-order valence-electron chi connectivity index (χ3n) is 2.33. The molecule has 3 aromatic rings. The minimum atomic E-state index is 0.732. The van der Waals surface area contributed by atoms with E-state index in [1.165, 1.54) is 0 Å². The maximum Gasteiger partial charge on any atom is 0.179 e. The third-order valence-corrected chi connectivity index (χ3v) is 2.33. The molecule has 0 aliphatic rings. The second kappa shape index (κ2) is 2.79. The molecule has 0 atom stereocenters. The Hall–Kier alpha value is -2.41. The van der Waals surface area contributed by atoms with Gasteiger partial charge in [0.05, 0.1) is 5.52 Å². The van der Waals surface area contributed by atoms with E-state index in [1.54, 1.807) is 4.52 Å². The van der Waals surface area contributed by atoms with E-state index in [9.17, 15) is 0 Å². The molecule has 3 rings (SSSR count). The topological polar surface area (TPSA) is 43.1 Å². The smallest absolute Gasteiger partial charge is 0.179 e. The summed E-state index contributed by atoms with van der Waals surface area (Å²) in [7, 11) is 0. The molecule has 0 spiro atoms. The van der Waals surface area contributed by atoms with Crippen molar-refractivity contribution >= 4 is 16.6 Å². The van der Waals surface area contributed by atoms with Crippen LogP contribution in [0.15, 0.2) is 30.3 Å². The van der Waals surface area contributed by atoms with Crippen molar-refractivity contribution in [1.82, 2.24) is 20.0 Å². The number of aromatic nitrogens is 4. The molecule has 2 heterocycles. The summed E-state index contributed by atoms with van der Waals surface area (Å²) >= 11 is 0. The molecule has 0 amide bonds. The molecule has 70 valence electrons. The van der Waals surface area contributed by atoms with Gasteiger partial charge in [0.15, 0.2) is 5.65 Å². The molecule has 15 heavy (non-hydrogen) atoms. The summed E-state index contributed by atoms with van der Waals surface area (Å²) < 4.78 is 1.69. The van der Waals surface area contributed by atoms with Crippen molar-refractivity contribution in [2.45, 2.75) is 0 Å². The Morgan fingerprint density at radius 3 is 3.00 bits per heavy atom. The van der Waals surface area contributed by atoms with E-state index >= 15 is 0 Å². The Kier molecular flexibility index (Phi) is 1.48. The van der Waals surface area contributed by atoms with Gasteiger partial charge in [-0.2, -0.15) is 4.52 Å². The Labute approximate surface area is 85.5 Å². The number of fused-ring (bicyclic) bond motifs is 3. The first-order valence-corrected chi connectivity index (χ1v) is 4.46. The fourth-order valence-corrected chi connectivity index (χ4v) is 1.60. The van der Waals surface area contributed by atoms with E-state index in [0.717, 1.165) is 22.1 Å². The molecule has 0 fully saturated rings. The van der Waals surface area contributed by atoms with Crippen LogP contribution in [0, 0.1) is 12.3 Å². The van der Waals surface area contributed by atoms with Crippen molar-refractivity contribution in [3.05, 3.63) is 35.9 Å². The number of hydrogen-bond acceptors (Lipinski definition) is 3. The van der Waals surface area contributed by atoms with Crippen molar-refractivity contribution in [3.8, 4) is 12.3 Å². The van der Waals surface area contributed by atoms with Crippen LogP contribution in [0.1, 0.15) is 5.56 Å². The standard InChI is InChI=1S/C11H6N4/c1-2-8-3-5-10-9(7-8)4-6-11-12-13-14-15(10)11/h1,3-7H. The lowest BCUT2D eigenvalue weighted by atomic mass is 10.1. The molecule has 0 unspecified atom stereocenters. The lowest BCUT2D eigenvalue weighted by Gasteiger charge is -1.99. The fraction of sp³-hybridized carbons (Fsp3) is 0. The maximum absolute atomic E-state index is 5.34. The SMILES string of the molecule is C#Cc1ccc2c(ccc3nnnn32)c1. The first-order valence-electron chi connectivity index (χ1n) is 4.46. The van der Waals surface area contributed by atoms with Crippen LogP contribution in [0.4, 0.5) is 0 Å². The lowest BCUT2D eigenvalue weighted by molar-refractivity contribution is 0.841. The monoisotopic (exact) mass is 194 g/mol. The molecule has 0 bridgehead atoms. The summed E-state index contributed by atoms with van der Waals surface area (Å²) in [6.07, 6.45) is 5.34. The van der Waals surface area contributed by atoms with Crippen LogP contribution >= 0.6 is 0 Å². The minimum Gasteiger partial charge on any atom is -0.193 e. The number of pyridine rings is 1.